The Morgan fingerprint density at radius 2 is 1.85 bits per heavy atom. The van der Waals surface area contributed by atoms with Gasteiger partial charge in [0, 0.05) is 30.4 Å². The minimum Gasteiger partial charge on any atom is -0.264 e. The van der Waals surface area contributed by atoms with Crippen LogP contribution in [0.4, 0.5) is 0 Å². The van der Waals surface area contributed by atoms with Crippen molar-refractivity contribution in [2.75, 3.05) is 0 Å². The highest BCUT2D eigenvalue weighted by Gasteiger charge is 2.14. The van der Waals surface area contributed by atoms with Gasteiger partial charge in [-0.1, -0.05) is 6.07 Å². The molecule has 5 heterocycles. The zero-order valence-electron chi connectivity index (χ0n) is 13.5. The molecular formula is C20H12N4S2. The molecule has 124 valence electrons. The molecule has 0 unspecified atom stereocenters. The monoisotopic (exact) mass is 372 g/mol. The lowest BCUT2D eigenvalue weighted by atomic mass is 10.1. The molecule has 5 aromatic rings. The molecule has 0 fully saturated rings. The van der Waals surface area contributed by atoms with Crippen molar-refractivity contribution in [1.29, 1.82) is 0 Å². The van der Waals surface area contributed by atoms with E-state index in [-0.39, 0.29) is 0 Å². The Kier molecular flexibility index (Phi) is 3.77. The van der Waals surface area contributed by atoms with Crippen LogP contribution in [0.3, 0.4) is 0 Å². The van der Waals surface area contributed by atoms with E-state index in [0.717, 1.165) is 37.2 Å². The molecule has 5 rings (SSSR count). The van der Waals surface area contributed by atoms with Crippen molar-refractivity contribution < 1.29 is 0 Å². The van der Waals surface area contributed by atoms with Crippen molar-refractivity contribution in [2.45, 2.75) is 0 Å². The zero-order valence-corrected chi connectivity index (χ0v) is 15.2. The van der Waals surface area contributed by atoms with Crippen molar-refractivity contribution in [2.24, 2.45) is 0 Å². The van der Waals surface area contributed by atoms with E-state index in [9.17, 15) is 0 Å². The summed E-state index contributed by atoms with van der Waals surface area (Å²) >= 11 is 3.32. The number of hydrogen-bond donors (Lipinski definition) is 0. The van der Waals surface area contributed by atoms with Crippen LogP contribution in [0.5, 0.6) is 0 Å². The Balaban J connectivity index is 1.65. The van der Waals surface area contributed by atoms with Gasteiger partial charge in [-0.2, -0.15) is 0 Å². The lowest BCUT2D eigenvalue weighted by Gasteiger charge is -2.05. The smallest absolute Gasteiger partial charge is 0.125 e. The van der Waals surface area contributed by atoms with Gasteiger partial charge in [0.15, 0.2) is 0 Å². The van der Waals surface area contributed by atoms with E-state index in [1.165, 1.54) is 5.39 Å². The molecule has 0 aromatic carbocycles. The van der Waals surface area contributed by atoms with E-state index < -0.39 is 0 Å². The third kappa shape index (κ3) is 2.69. The first-order chi connectivity index (χ1) is 12.9. The van der Waals surface area contributed by atoms with E-state index in [1.807, 2.05) is 42.7 Å². The van der Waals surface area contributed by atoms with E-state index in [1.54, 1.807) is 35.1 Å². The van der Waals surface area contributed by atoms with Gasteiger partial charge in [0.1, 0.15) is 10.7 Å². The van der Waals surface area contributed by atoms with E-state index in [4.69, 9.17) is 4.98 Å². The molecule has 0 aliphatic rings. The fourth-order valence-electron chi connectivity index (χ4n) is 2.79. The van der Waals surface area contributed by atoms with Gasteiger partial charge in [0.25, 0.3) is 0 Å². The molecule has 0 saturated carbocycles. The summed E-state index contributed by atoms with van der Waals surface area (Å²) in [5.74, 6) is 0. The number of nitrogens with zero attached hydrogens (tertiary/aromatic N) is 4. The van der Waals surface area contributed by atoms with Crippen LogP contribution in [-0.4, -0.2) is 19.9 Å². The van der Waals surface area contributed by atoms with Crippen molar-refractivity contribution in [3.63, 3.8) is 0 Å². The van der Waals surface area contributed by atoms with E-state index in [0.29, 0.717) is 0 Å². The second-order valence-corrected chi connectivity index (χ2v) is 7.63. The highest BCUT2D eigenvalue weighted by molar-refractivity contribution is 7.18. The van der Waals surface area contributed by atoms with E-state index in [2.05, 4.69) is 32.5 Å². The molecule has 0 spiro atoms. The number of hydrogen-bond acceptors (Lipinski definition) is 6. The maximum Gasteiger partial charge on any atom is 0.125 e. The fourth-order valence-corrected chi connectivity index (χ4v) is 4.54. The van der Waals surface area contributed by atoms with Crippen LogP contribution in [0.15, 0.2) is 72.6 Å². The third-order valence-electron chi connectivity index (χ3n) is 4.01. The molecule has 5 aromatic heterocycles. The molecule has 4 nitrogen and oxygen atoms in total. The van der Waals surface area contributed by atoms with Crippen molar-refractivity contribution in [3.05, 3.63) is 72.6 Å². The van der Waals surface area contributed by atoms with Gasteiger partial charge < -0.3 is 0 Å². The number of thiazole rings is 1. The van der Waals surface area contributed by atoms with Gasteiger partial charge in [-0.3, -0.25) is 9.97 Å². The van der Waals surface area contributed by atoms with Crippen molar-refractivity contribution in [1.82, 2.24) is 19.9 Å². The Morgan fingerprint density at radius 1 is 0.846 bits per heavy atom. The predicted molar refractivity (Wildman–Crippen MR) is 107 cm³/mol. The normalized spacial score (nSPS) is 11.1. The summed E-state index contributed by atoms with van der Waals surface area (Å²) in [5, 5.41) is 4.22. The molecule has 0 radical (unpaired) electrons. The largest absolute Gasteiger partial charge is 0.264 e. The summed E-state index contributed by atoms with van der Waals surface area (Å²) in [5.41, 5.74) is 3.75. The van der Waals surface area contributed by atoms with Crippen LogP contribution in [0.1, 0.15) is 0 Å². The number of pyridine rings is 3. The summed E-state index contributed by atoms with van der Waals surface area (Å²) in [6, 6.07) is 14.1. The van der Waals surface area contributed by atoms with Crippen LogP contribution in [0, 0.1) is 0 Å². The molecule has 0 aliphatic heterocycles. The van der Waals surface area contributed by atoms with Crippen LogP contribution >= 0.6 is 22.7 Å². The first-order valence-corrected chi connectivity index (χ1v) is 9.74. The van der Waals surface area contributed by atoms with Crippen molar-refractivity contribution in [3.8, 4) is 32.5 Å². The van der Waals surface area contributed by atoms with Crippen LogP contribution in [0.2, 0.25) is 0 Å². The van der Waals surface area contributed by atoms with Gasteiger partial charge in [-0.25, -0.2) is 9.97 Å². The van der Waals surface area contributed by atoms with Gasteiger partial charge in [-0.05, 0) is 47.2 Å². The minimum absolute atomic E-state index is 0.888. The topological polar surface area (TPSA) is 51.6 Å². The van der Waals surface area contributed by atoms with Gasteiger partial charge in [-0.15, -0.1) is 22.7 Å². The summed E-state index contributed by atoms with van der Waals surface area (Å²) in [6.07, 6.45) is 7.28. The molecule has 0 atom stereocenters. The fraction of sp³-hybridized carbons (Fsp3) is 0. The Bertz CT molecular complexity index is 1180. The maximum absolute atomic E-state index is 4.92. The summed E-state index contributed by atoms with van der Waals surface area (Å²) in [7, 11) is 0. The molecule has 0 aliphatic carbocycles. The van der Waals surface area contributed by atoms with E-state index >= 15 is 0 Å². The number of fused-ring (bicyclic) bond motifs is 1. The lowest BCUT2D eigenvalue weighted by molar-refractivity contribution is 1.27. The second kappa shape index (κ2) is 6.40. The predicted octanol–water partition coefficient (Wildman–Crippen LogP) is 5.54. The Labute approximate surface area is 157 Å². The van der Waals surface area contributed by atoms with Gasteiger partial charge in [0.05, 0.1) is 21.0 Å². The SMILES string of the molecule is c1ccc(-c2nc(-c3cnc(-c4cccnc4)s3)cc3ccsc23)nc1. The van der Waals surface area contributed by atoms with Crippen molar-refractivity contribution >= 4 is 32.8 Å². The first-order valence-electron chi connectivity index (χ1n) is 8.05. The molecule has 0 amide bonds. The third-order valence-corrected chi connectivity index (χ3v) is 6.02. The molecule has 0 N–H and O–H groups in total. The molecular weight excluding hydrogens is 360 g/mol. The van der Waals surface area contributed by atoms with Crippen LogP contribution in [-0.2, 0) is 0 Å². The first kappa shape index (κ1) is 15.3. The standard InChI is InChI=1S/C20H12N4S2/c1-2-8-22-15(5-1)18-19-13(6-9-25-19)10-16(24-18)17-12-23-20(26-17)14-4-3-7-21-11-14/h1-12H. The molecule has 26 heavy (non-hydrogen) atoms. The highest BCUT2D eigenvalue weighted by atomic mass is 32.1. The average molecular weight is 372 g/mol. The molecule has 6 heteroatoms. The summed E-state index contributed by atoms with van der Waals surface area (Å²) < 4.78 is 1.16. The maximum atomic E-state index is 4.92. The number of rotatable bonds is 3. The van der Waals surface area contributed by atoms with Gasteiger partial charge >= 0.3 is 0 Å². The zero-order chi connectivity index (χ0) is 17.3. The second-order valence-electron chi connectivity index (χ2n) is 5.68. The lowest BCUT2D eigenvalue weighted by Crippen LogP contribution is -1.89. The highest BCUT2D eigenvalue weighted by Crippen LogP contribution is 2.36. The minimum atomic E-state index is 0.888. The molecule has 0 bridgehead atoms. The van der Waals surface area contributed by atoms with Gasteiger partial charge in [0.2, 0.25) is 0 Å². The summed E-state index contributed by atoms with van der Waals surface area (Å²) in [6.45, 7) is 0. The van der Waals surface area contributed by atoms with Crippen LogP contribution < -0.4 is 0 Å². The summed E-state index contributed by atoms with van der Waals surface area (Å²) in [4.78, 5) is 19.2. The Morgan fingerprint density at radius 3 is 2.69 bits per heavy atom. The average Bonchev–Trinajstić information content (AvgIpc) is 3.38. The number of aromatic nitrogens is 4. The molecule has 0 saturated heterocycles. The van der Waals surface area contributed by atoms with Crippen LogP contribution in [0.25, 0.3) is 42.6 Å². The number of thiophene rings is 1. The quantitative estimate of drug-likeness (QED) is 0.417. The Hall–Kier alpha value is -2.96.